The van der Waals surface area contributed by atoms with Crippen LogP contribution in [0.5, 0.6) is 0 Å². The smallest absolute Gasteiger partial charge is 0.337 e. The molecule has 0 spiro atoms. The highest BCUT2D eigenvalue weighted by Gasteiger charge is 2.24. The van der Waals surface area contributed by atoms with Crippen LogP contribution >= 0.6 is 11.6 Å². The van der Waals surface area contributed by atoms with Crippen molar-refractivity contribution in [1.29, 1.82) is 0 Å². The monoisotopic (exact) mass is 363 g/mol. The first-order valence-corrected chi connectivity index (χ1v) is 8.07. The molecule has 122 valence electrons. The van der Waals surface area contributed by atoms with Crippen LogP contribution in [0.3, 0.4) is 0 Å². The SMILES string of the molecule is O=C(O)c1ccc(Cl)cc1N(c1cccc2nccnc12)S(=O)O. The standard InChI is InChI=1S/C15H10ClN3O4S/c16-9-4-5-10(15(20)21)13(8-9)19(24(22)23)12-3-1-2-11-14(12)18-7-6-17-11/h1-8H,(H,20,21)(H,22,23). The highest BCUT2D eigenvalue weighted by atomic mass is 35.5. The molecule has 3 rings (SSSR count). The Bertz CT molecular complexity index is 961. The number of carboxylic acids is 1. The second-order valence-electron chi connectivity index (χ2n) is 4.69. The molecule has 0 aliphatic heterocycles. The van der Waals surface area contributed by atoms with Gasteiger partial charge >= 0.3 is 5.97 Å². The van der Waals surface area contributed by atoms with Crippen LogP contribution in [0.15, 0.2) is 48.8 Å². The zero-order valence-electron chi connectivity index (χ0n) is 12.0. The molecule has 2 N–H and O–H groups in total. The molecule has 24 heavy (non-hydrogen) atoms. The van der Waals surface area contributed by atoms with E-state index in [2.05, 4.69) is 9.97 Å². The molecule has 1 aromatic heterocycles. The summed E-state index contributed by atoms with van der Waals surface area (Å²) in [6, 6.07) is 8.87. The Morgan fingerprint density at radius 3 is 2.58 bits per heavy atom. The lowest BCUT2D eigenvalue weighted by molar-refractivity contribution is 0.0698. The van der Waals surface area contributed by atoms with E-state index in [0.29, 0.717) is 11.0 Å². The number of aromatic nitrogens is 2. The van der Waals surface area contributed by atoms with Gasteiger partial charge in [0.05, 0.1) is 22.5 Å². The molecule has 7 nitrogen and oxygen atoms in total. The van der Waals surface area contributed by atoms with Crippen LogP contribution in [-0.2, 0) is 11.3 Å². The summed E-state index contributed by atoms with van der Waals surface area (Å²) in [6.07, 6.45) is 2.94. The van der Waals surface area contributed by atoms with E-state index >= 15 is 0 Å². The Morgan fingerprint density at radius 2 is 1.88 bits per heavy atom. The van der Waals surface area contributed by atoms with Crippen molar-refractivity contribution >= 4 is 51.2 Å². The minimum Gasteiger partial charge on any atom is -0.478 e. The summed E-state index contributed by atoms with van der Waals surface area (Å²) < 4.78 is 22.7. The first-order valence-electron chi connectivity index (χ1n) is 6.62. The molecule has 0 saturated carbocycles. The van der Waals surface area contributed by atoms with Crippen molar-refractivity contribution < 1.29 is 18.7 Å². The van der Waals surface area contributed by atoms with Crippen molar-refractivity contribution in [2.75, 3.05) is 4.31 Å². The second kappa shape index (κ2) is 6.52. The molecule has 0 bridgehead atoms. The molecule has 1 atom stereocenters. The first kappa shape index (κ1) is 16.3. The van der Waals surface area contributed by atoms with E-state index in [0.717, 1.165) is 4.31 Å². The minimum atomic E-state index is -2.55. The quantitative estimate of drug-likeness (QED) is 0.689. The summed E-state index contributed by atoms with van der Waals surface area (Å²) in [5.74, 6) is -1.25. The van der Waals surface area contributed by atoms with E-state index in [1.165, 1.54) is 30.6 Å². The topological polar surface area (TPSA) is 104 Å². The highest BCUT2D eigenvalue weighted by Crippen LogP contribution is 2.35. The van der Waals surface area contributed by atoms with Crippen LogP contribution < -0.4 is 4.31 Å². The predicted octanol–water partition coefficient (Wildman–Crippen LogP) is 3.26. The van der Waals surface area contributed by atoms with Crippen molar-refractivity contribution in [1.82, 2.24) is 9.97 Å². The molecule has 9 heteroatoms. The third kappa shape index (κ3) is 2.94. The summed E-state index contributed by atoms with van der Waals surface area (Å²) in [6.45, 7) is 0. The fourth-order valence-electron chi connectivity index (χ4n) is 2.29. The van der Waals surface area contributed by atoms with E-state index in [1.807, 2.05) is 0 Å². The second-order valence-corrected chi connectivity index (χ2v) is 5.96. The number of carbonyl (C=O) groups is 1. The minimum absolute atomic E-state index is 0.0195. The molecular weight excluding hydrogens is 354 g/mol. The number of benzene rings is 2. The zero-order chi connectivity index (χ0) is 17.3. The van der Waals surface area contributed by atoms with Gasteiger partial charge in [-0.2, -0.15) is 0 Å². The number of halogens is 1. The van der Waals surface area contributed by atoms with E-state index < -0.39 is 17.2 Å². The molecule has 0 radical (unpaired) electrons. The van der Waals surface area contributed by atoms with Crippen LogP contribution in [0.4, 0.5) is 11.4 Å². The number of aromatic carboxylic acids is 1. The van der Waals surface area contributed by atoms with Crippen LogP contribution in [0.25, 0.3) is 11.0 Å². The van der Waals surface area contributed by atoms with E-state index in [9.17, 15) is 18.7 Å². The third-order valence-electron chi connectivity index (χ3n) is 3.26. The van der Waals surface area contributed by atoms with Crippen molar-refractivity contribution in [2.45, 2.75) is 0 Å². The molecule has 3 aromatic rings. The van der Waals surface area contributed by atoms with E-state index in [1.54, 1.807) is 18.2 Å². The summed E-state index contributed by atoms with van der Waals surface area (Å²) in [4.78, 5) is 19.8. The number of nitrogens with zero attached hydrogens (tertiary/aromatic N) is 3. The highest BCUT2D eigenvalue weighted by molar-refractivity contribution is 7.81. The van der Waals surface area contributed by atoms with Gasteiger partial charge in [0.25, 0.3) is 11.3 Å². The number of rotatable bonds is 4. The van der Waals surface area contributed by atoms with E-state index in [-0.39, 0.29) is 22.0 Å². The van der Waals surface area contributed by atoms with Gasteiger partial charge in [0.15, 0.2) is 0 Å². The number of anilines is 2. The maximum atomic E-state index is 12.0. The zero-order valence-corrected chi connectivity index (χ0v) is 13.5. The lowest BCUT2D eigenvalue weighted by atomic mass is 10.1. The van der Waals surface area contributed by atoms with Gasteiger partial charge in [0, 0.05) is 17.4 Å². The molecule has 0 saturated heterocycles. The van der Waals surface area contributed by atoms with Crippen LogP contribution in [-0.4, -0.2) is 29.8 Å². The van der Waals surface area contributed by atoms with Gasteiger partial charge in [-0.1, -0.05) is 17.7 Å². The molecule has 0 aliphatic rings. The first-order chi connectivity index (χ1) is 11.5. The van der Waals surface area contributed by atoms with E-state index in [4.69, 9.17) is 11.6 Å². The lowest BCUT2D eigenvalue weighted by Gasteiger charge is -2.22. The molecule has 0 amide bonds. The normalized spacial score (nSPS) is 12.1. The Hall–Kier alpha value is -2.55. The largest absolute Gasteiger partial charge is 0.478 e. The van der Waals surface area contributed by atoms with Gasteiger partial charge in [-0.25, -0.2) is 13.3 Å². The van der Waals surface area contributed by atoms with Crippen molar-refractivity contribution in [3.8, 4) is 0 Å². The molecule has 1 unspecified atom stereocenters. The van der Waals surface area contributed by atoms with Crippen LogP contribution in [0.1, 0.15) is 10.4 Å². The lowest BCUT2D eigenvalue weighted by Crippen LogP contribution is -2.22. The summed E-state index contributed by atoms with van der Waals surface area (Å²) in [7, 11) is 0. The Kier molecular flexibility index (Phi) is 4.43. The van der Waals surface area contributed by atoms with Gasteiger partial charge in [0.2, 0.25) is 0 Å². The Balaban J connectivity index is 2.31. The fraction of sp³-hybridized carbons (Fsp3) is 0. The van der Waals surface area contributed by atoms with Gasteiger partial charge in [0.1, 0.15) is 5.52 Å². The summed E-state index contributed by atoms with van der Waals surface area (Å²) >= 11 is 3.39. The number of para-hydroxylation sites is 1. The van der Waals surface area contributed by atoms with Crippen molar-refractivity contribution in [2.24, 2.45) is 0 Å². The third-order valence-corrected chi connectivity index (χ3v) is 4.20. The number of carboxylic acid groups (broad SMARTS) is 1. The van der Waals surface area contributed by atoms with Gasteiger partial charge in [-0.05, 0) is 30.3 Å². The Morgan fingerprint density at radius 1 is 1.12 bits per heavy atom. The molecule has 0 fully saturated rings. The van der Waals surface area contributed by atoms with Gasteiger partial charge in [-0.3, -0.25) is 14.5 Å². The average molecular weight is 364 g/mol. The van der Waals surface area contributed by atoms with Gasteiger partial charge < -0.3 is 5.11 Å². The Labute approximate surface area is 144 Å². The van der Waals surface area contributed by atoms with Gasteiger partial charge in [-0.15, -0.1) is 0 Å². The van der Waals surface area contributed by atoms with Crippen molar-refractivity contribution in [3.05, 3.63) is 59.4 Å². The van der Waals surface area contributed by atoms with Crippen LogP contribution in [0.2, 0.25) is 5.02 Å². The molecule has 0 aliphatic carbocycles. The molecule has 2 aromatic carbocycles. The number of hydrogen-bond donors (Lipinski definition) is 2. The van der Waals surface area contributed by atoms with Crippen LogP contribution in [0, 0.1) is 0 Å². The predicted molar refractivity (Wildman–Crippen MR) is 90.9 cm³/mol. The molecule has 1 heterocycles. The van der Waals surface area contributed by atoms with Crippen molar-refractivity contribution in [3.63, 3.8) is 0 Å². The number of fused-ring (bicyclic) bond motifs is 1. The maximum Gasteiger partial charge on any atom is 0.337 e. The average Bonchev–Trinajstić information content (AvgIpc) is 2.55. The maximum absolute atomic E-state index is 12.0. The number of hydrogen-bond acceptors (Lipinski definition) is 4. The summed E-state index contributed by atoms with van der Waals surface area (Å²) in [5.41, 5.74) is 0.922. The summed E-state index contributed by atoms with van der Waals surface area (Å²) in [5, 5.41) is 9.60. The fourth-order valence-corrected chi connectivity index (χ4v) is 3.09. The molecular formula is C15H10ClN3O4S.